The SMILES string of the molecule is CC(C)(C)NCC[C@H](CO)OC1(C)CC=C(c2ncnc3nc(-c4ccc(N5CCOCC5)cc4)[nH]c23)C=C1C#N. The van der Waals surface area contributed by atoms with Crippen LogP contribution in [0, 0.1) is 11.3 Å². The Balaban J connectivity index is 1.35. The van der Waals surface area contributed by atoms with Crippen molar-refractivity contribution in [2.45, 2.75) is 57.8 Å². The van der Waals surface area contributed by atoms with E-state index in [1.54, 1.807) is 0 Å². The summed E-state index contributed by atoms with van der Waals surface area (Å²) in [6.07, 6.45) is 6.07. The van der Waals surface area contributed by atoms with Crippen LogP contribution < -0.4 is 10.2 Å². The number of aromatic nitrogens is 4. The number of fused-ring (bicyclic) bond motifs is 1. The number of allylic oxidation sites excluding steroid dienone is 2. The number of aliphatic hydroxyl groups is 1. The lowest BCUT2D eigenvalue weighted by Gasteiger charge is -2.35. The highest BCUT2D eigenvalue weighted by Gasteiger charge is 2.35. The molecule has 2 aliphatic rings. The summed E-state index contributed by atoms with van der Waals surface area (Å²) in [5, 5.41) is 23.5. The number of nitrogens with zero attached hydrogens (tertiary/aromatic N) is 5. The maximum Gasteiger partial charge on any atom is 0.181 e. The van der Waals surface area contributed by atoms with Gasteiger partial charge in [-0.3, -0.25) is 0 Å². The zero-order valence-corrected chi connectivity index (χ0v) is 24.3. The maximum absolute atomic E-state index is 10.1. The highest BCUT2D eigenvalue weighted by molar-refractivity contribution is 5.91. The van der Waals surface area contributed by atoms with E-state index < -0.39 is 11.7 Å². The summed E-state index contributed by atoms with van der Waals surface area (Å²) >= 11 is 0. The average Bonchev–Trinajstić information content (AvgIpc) is 3.42. The molecule has 0 bridgehead atoms. The second-order valence-electron chi connectivity index (χ2n) is 11.8. The highest BCUT2D eigenvalue weighted by Crippen LogP contribution is 2.37. The van der Waals surface area contributed by atoms with Crippen molar-refractivity contribution in [2.24, 2.45) is 0 Å². The Bertz CT molecular complexity index is 1460. The number of H-pyrrole nitrogens is 1. The van der Waals surface area contributed by atoms with E-state index in [1.165, 1.54) is 6.33 Å². The predicted molar refractivity (Wildman–Crippen MR) is 159 cm³/mol. The number of benzene rings is 1. The number of aromatic amines is 1. The van der Waals surface area contributed by atoms with Gasteiger partial charge in [0.2, 0.25) is 0 Å². The highest BCUT2D eigenvalue weighted by atomic mass is 16.5. The molecule has 1 fully saturated rings. The van der Waals surface area contributed by atoms with E-state index >= 15 is 0 Å². The van der Waals surface area contributed by atoms with Gasteiger partial charge in [-0.15, -0.1) is 0 Å². The molecule has 10 nitrogen and oxygen atoms in total. The van der Waals surface area contributed by atoms with Crippen molar-refractivity contribution in [1.82, 2.24) is 25.3 Å². The summed E-state index contributed by atoms with van der Waals surface area (Å²) in [5.74, 6) is 0.707. The van der Waals surface area contributed by atoms with Crippen LogP contribution >= 0.6 is 0 Å². The third kappa shape index (κ3) is 6.66. The van der Waals surface area contributed by atoms with Gasteiger partial charge in [0, 0.05) is 29.9 Å². The van der Waals surface area contributed by atoms with Crippen LogP contribution in [0.4, 0.5) is 5.69 Å². The molecule has 1 aliphatic heterocycles. The van der Waals surface area contributed by atoms with Crippen LogP contribution in [0.3, 0.4) is 0 Å². The average molecular weight is 558 g/mol. The van der Waals surface area contributed by atoms with Crippen LogP contribution in [-0.4, -0.2) is 81.7 Å². The molecular weight excluding hydrogens is 518 g/mol. The Morgan fingerprint density at radius 3 is 2.66 bits per heavy atom. The number of rotatable bonds is 9. The van der Waals surface area contributed by atoms with E-state index in [1.807, 2.05) is 19.1 Å². The summed E-state index contributed by atoms with van der Waals surface area (Å²) in [6.45, 7) is 12.0. The molecule has 3 N–H and O–H groups in total. The molecule has 0 spiro atoms. The number of nitrogens with one attached hydrogen (secondary N) is 2. The smallest absolute Gasteiger partial charge is 0.181 e. The van der Waals surface area contributed by atoms with Crippen molar-refractivity contribution in [3.8, 4) is 17.5 Å². The van der Waals surface area contributed by atoms with Gasteiger partial charge in [-0.1, -0.05) is 6.08 Å². The zero-order chi connectivity index (χ0) is 29.0. The topological polar surface area (TPSA) is 132 Å². The van der Waals surface area contributed by atoms with Crippen molar-refractivity contribution in [3.05, 3.63) is 54.0 Å². The lowest BCUT2D eigenvalue weighted by atomic mass is 9.84. The minimum absolute atomic E-state index is 0.0219. The van der Waals surface area contributed by atoms with E-state index in [9.17, 15) is 10.4 Å². The van der Waals surface area contributed by atoms with Gasteiger partial charge in [0.25, 0.3) is 0 Å². The van der Waals surface area contributed by atoms with Crippen LogP contribution in [-0.2, 0) is 9.47 Å². The van der Waals surface area contributed by atoms with Crippen LogP contribution in [0.2, 0.25) is 0 Å². The second-order valence-corrected chi connectivity index (χ2v) is 11.8. The van der Waals surface area contributed by atoms with Gasteiger partial charge in [-0.25, -0.2) is 15.0 Å². The van der Waals surface area contributed by atoms with E-state index in [2.05, 4.69) is 76.3 Å². The molecule has 1 unspecified atom stereocenters. The first-order valence-corrected chi connectivity index (χ1v) is 14.2. The maximum atomic E-state index is 10.1. The summed E-state index contributed by atoms with van der Waals surface area (Å²) < 4.78 is 11.8. The summed E-state index contributed by atoms with van der Waals surface area (Å²) in [7, 11) is 0. The number of ether oxygens (including phenoxy) is 2. The Morgan fingerprint density at radius 2 is 1.98 bits per heavy atom. The minimum atomic E-state index is -0.846. The van der Waals surface area contributed by atoms with Gasteiger partial charge in [0.05, 0.1) is 43.3 Å². The Hall–Kier alpha value is -3.62. The number of anilines is 1. The van der Waals surface area contributed by atoms with Crippen LogP contribution in [0.25, 0.3) is 28.1 Å². The molecule has 216 valence electrons. The van der Waals surface area contributed by atoms with Crippen molar-refractivity contribution >= 4 is 22.4 Å². The second kappa shape index (κ2) is 12.1. The fraction of sp³-hybridized carbons (Fsp3) is 0.484. The molecule has 41 heavy (non-hydrogen) atoms. The molecule has 3 aromatic rings. The van der Waals surface area contributed by atoms with Crippen LogP contribution in [0.5, 0.6) is 0 Å². The molecule has 0 saturated carbocycles. The first kappa shape index (κ1) is 28.9. The third-order valence-corrected chi connectivity index (χ3v) is 7.53. The number of hydrogen-bond donors (Lipinski definition) is 3. The zero-order valence-electron chi connectivity index (χ0n) is 24.3. The number of imidazole rings is 1. The normalized spacial score (nSPS) is 20.4. The lowest BCUT2D eigenvalue weighted by Crippen LogP contribution is -2.41. The quantitative estimate of drug-likeness (QED) is 0.357. The number of morpholine rings is 1. The molecule has 0 amide bonds. The number of hydrogen-bond acceptors (Lipinski definition) is 9. The number of aliphatic hydroxyl groups excluding tert-OH is 1. The molecule has 5 rings (SSSR count). The number of nitriles is 1. The van der Waals surface area contributed by atoms with Crippen LogP contribution in [0.15, 0.2) is 48.3 Å². The molecule has 0 radical (unpaired) electrons. The van der Waals surface area contributed by atoms with Gasteiger partial charge in [0.15, 0.2) is 5.65 Å². The van der Waals surface area contributed by atoms with Gasteiger partial charge in [-0.2, -0.15) is 5.26 Å². The van der Waals surface area contributed by atoms with Gasteiger partial charge in [-0.05, 0) is 83.0 Å². The van der Waals surface area contributed by atoms with E-state index in [0.717, 1.165) is 43.1 Å². The lowest BCUT2D eigenvalue weighted by molar-refractivity contribution is -0.0793. The molecule has 10 heteroatoms. The Labute approximate surface area is 241 Å². The molecule has 1 aromatic carbocycles. The third-order valence-electron chi connectivity index (χ3n) is 7.53. The van der Waals surface area contributed by atoms with Crippen molar-refractivity contribution in [2.75, 3.05) is 44.4 Å². The summed E-state index contributed by atoms with van der Waals surface area (Å²) in [4.78, 5) is 19.4. The van der Waals surface area contributed by atoms with Crippen molar-refractivity contribution in [3.63, 3.8) is 0 Å². The van der Waals surface area contributed by atoms with Gasteiger partial charge < -0.3 is 29.8 Å². The first-order chi connectivity index (χ1) is 19.7. The van der Waals surface area contributed by atoms with E-state index in [0.29, 0.717) is 47.6 Å². The van der Waals surface area contributed by atoms with Crippen molar-refractivity contribution in [1.29, 1.82) is 5.26 Å². The standard InChI is InChI=1S/C31H39N7O3/c1-30(2,3)35-12-10-25(19-39)41-31(4)11-9-22(17-23(31)18-32)26-27-29(34-20-33-26)37-28(36-27)21-5-7-24(8-6-21)38-13-15-40-16-14-38/h5-9,17,20,25,35,39H,10-16,19H2,1-4H3,(H,33,34,36,37)/t25-,31?/m1/s1. The van der Waals surface area contributed by atoms with E-state index in [-0.39, 0.29) is 12.1 Å². The summed E-state index contributed by atoms with van der Waals surface area (Å²) in [6, 6.07) is 10.7. The molecule has 3 heterocycles. The molecule has 2 atom stereocenters. The fourth-order valence-electron chi connectivity index (χ4n) is 5.21. The van der Waals surface area contributed by atoms with E-state index in [4.69, 9.17) is 14.5 Å². The molecule has 1 saturated heterocycles. The molecular formula is C31H39N7O3. The van der Waals surface area contributed by atoms with Gasteiger partial charge >= 0.3 is 0 Å². The Kier molecular flexibility index (Phi) is 8.52. The van der Waals surface area contributed by atoms with Gasteiger partial charge in [0.1, 0.15) is 23.3 Å². The van der Waals surface area contributed by atoms with Crippen LogP contribution in [0.1, 0.15) is 46.2 Å². The fourth-order valence-corrected chi connectivity index (χ4v) is 5.21. The molecule has 1 aliphatic carbocycles. The minimum Gasteiger partial charge on any atom is -0.394 e. The largest absolute Gasteiger partial charge is 0.394 e. The van der Waals surface area contributed by atoms with Crippen molar-refractivity contribution < 1.29 is 14.6 Å². The predicted octanol–water partition coefficient (Wildman–Crippen LogP) is 4.01. The first-order valence-electron chi connectivity index (χ1n) is 14.2. The monoisotopic (exact) mass is 557 g/mol. The molecule has 2 aromatic heterocycles. The summed E-state index contributed by atoms with van der Waals surface area (Å²) in [5.41, 5.74) is 4.50. The Morgan fingerprint density at radius 1 is 1.22 bits per heavy atom.